The standard InChI is InChI=1S/C6H3ClFOS/c7-4-2-1-3-5(8)6(4)10-9/h1-3H/q+1. The van der Waals surface area contributed by atoms with Gasteiger partial charge in [0.25, 0.3) is 0 Å². The highest BCUT2D eigenvalue weighted by Gasteiger charge is 2.18. The summed E-state index contributed by atoms with van der Waals surface area (Å²) in [6.45, 7) is 0. The molecule has 1 aromatic carbocycles. The zero-order chi connectivity index (χ0) is 7.56. The van der Waals surface area contributed by atoms with Crippen LogP contribution in [0.3, 0.4) is 0 Å². The average Bonchev–Trinajstić information content (AvgIpc) is 1.88. The Hall–Kier alpha value is -0.540. The number of hydrogen-bond donors (Lipinski definition) is 0. The first-order chi connectivity index (χ1) is 4.75. The van der Waals surface area contributed by atoms with Gasteiger partial charge in [-0.3, -0.25) is 0 Å². The maximum absolute atomic E-state index is 12.5. The van der Waals surface area contributed by atoms with Crippen LogP contribution in [0.15, 0.2) is 23.1 Å². The van der Waals surface area contributed by atoms with Gasteiger partial charge in [0, 0.05) is 4.21 Å². The van der Waals surface area contributed by atoms with E-state index in [1.165, 1.54) is 18.2 Å². The van der Waals surface area contributed by atoms with Gasteiger partial charge < -0.3 is 0 Å². The van der Waals surface area contributed by atoms with Gasteiger partial charge in [-0.2, -0.15) is 0 Å². The summed E-state index contributed by atoms with van der Waals surface area (Å²) >= 11 is 5.53. The third-order valence-electron chi connectivity index (χ3n) is 1.00. The molecule has 0 atom stereocenters. The molecule has 0 spiro atoms. The molecule has 0 aliphatic heterocycles. The lowest BCUT2D eigenvalue weighted by Gasteiger charge is -1.84. The van der Waals surface area contributed by atoms with E-state index in [4.69, 9.17) is 11.6 Å². The lowest BCUT2D eigenvalue weighted by atomic mass is 10.3. The Bertz CT molecular complexity index is 244. The van der Waals surface area contributed by atoms with E-state index in [1.807, 2.05) is 0 Å². The van der Waals surface area contributed by atoms with Crippen molar-refractivity contribution in [2.24, 2.45) is 0 Å². The maximum Gasteiger partial charge on any atom is 0.510 e. The van der Waals surface area contributed by atoms with Crippen LogP contribution in [-0.2, 0) is 15.9 Å². The minimum atomic E-state index is -0.563. The highest BCUT2D eigenvalue weighted by atomic mass is 35.5. The van der Waals surface area contributed by atoms with E-state index in [9.17, 15) is 8.60 Å². The molecule has 0 amide bonds. The van der Waals surface area contributed by atoms with Gasteiger partial charge in [0.2, 0.25) is 0 Å². The van der Waals surface area contributed by atoms with Crippen LogP contribution in [0.1, 0.15) is 0 Å². The second-order valence-electron chi connectivity index (χ2n) is 1.63. The van der Waals surface area contributed by atoms with Crippen molar-refractivity contribution < 1.29 is 8.60 Å². The molecule has 0 N–H and O–H groups in total. The van der Waals surface area contributed by atoms with E-state index >= 15 is 0 Å². The number of benzene rings is 1. The van der Waals surface area contributed by atoms with Crippen molar-refractivity contribution in [2.75, 3.05) is 0 Å². The Labute approximate surface area is 66.3 Å². The Balaban J connectivity index is 3.30. The fourth-order valence-electron chi connectivity index (χ4n) is 0.562. The predicted octanol–water partition coefficient (Wildman–Crippen LogP) is 2.27. The average molecular weight is 178 g/mol. The number of rotatable bonds is 1. The summed E-state index contributed by atoms with van der Waals surface area (Å²) in [6, 6.07) is 4.13. The molecular formula is C6H3ClFOS+. The van der Waals surface area contributed by atoms with E-state index in [2.05, 4.69) is 0 Å². The summed E-state index contributed by atoms with van der Waals surface area (Å²) in [4.78, 5) is -0.0378. The lowest BCUT2D eigenvalue weighted by molar-refractivity contribution is 0.582. The van der Waals surface area contributed by atoms with Crippen LogP contribution in [-0.4, -0.2) is 0 Å². The van der Waals surface area contributed by atoms with Gasteiger partial charge in [-0.15, -0.1) is 0 Å². The SMILES string of the molecule is O=[S+]c1c(F)cccc1Cl. The highest BCUT2D eigenvalue weighted by molar-refractivity contribution is 7.65. The molecule has 0 radical (unpaired) electrons. The normalized spacial score (nSPS) is 9.40. The molecular weight excluding hydrogens is 175 g/mol. The van der Waals surface area contributed by atoms with E-state index < -0.39 is 5.82 Å². The topological polar surface area (TPSA) is 17.1 Å². The van der Waals surface area contributed by atoms with Crippen LogP contribution >= 0.6 is 11.6 Å². The Morgan fingerprint density at radius 1 is 1.50 bits per heavy atom. The lowest BCUT2D eigenvalue weighted by Crippen LogP contribution is -1.82. The molecule has 0 fully saturated rings. The first kappa shape index (κ1) is 7.57. The highest BCUT2D eigenvalue weighted by Crippen LogP contribution is 2.18. The quantitative estimate of drug-likeness (QED) is 0.602. The van der Waals surface area contributed by atoms with Crippen LogP contribution < -0.4 is 0 Å². The van der Waals surface area contributed by atoms with Gasteiger partial charge in [0.05, 0.1) is 0 Å². The summed E-state index contributed by atoms with van der Waals surface area (Å²) in [5.41, 5.74) is 0. The van der Waals surface area contributed by atoms with Crippen molar-refractivity contribution in [2.45, 2.75) is 4.90 Å². The first-order valence-corrected chi connectivity index (χ1v) is 3.61. The summed E-state index contributed by atoms with van der Waals surface area (Å²) < 4.78 is 22.7. The van der Waals surface area contributed by atoms with Gasteiger partial charge in [-0.05, 0) is 12.1 Å². The Morgan fingerprint density at radius 3 is 2.60 bits per heavy atom. The minimum absolute atomic E-state index is 0.0378. The van der Waals surface area contributed by atoms with Gasteiger partial charge in [-0.1, -0.05) is 17.7 Å². The molecule has 0 bridgehead atoms. The fraction of sp³-hybridized carbons (Fsp3) is 0. The van der Waals surface area contributed by atoms with Crippen LogP contribution in [0, 0.1) is 5.82 Å². The van der Waals surface area contributed by atoms with E-state index in [0.717, 1.165) is 0 Å². The molecule has 0 aliphatic rings. The van der Waals surface area contributed by atoms with Crippen molar-refractivity contribution >= 4 is 23.3 Å². The molecule has 1 aromatic rings. The predicted molar refractivity (Wildman–Crippen MR) is 37.7 cm³/mol. The molecule has 0 aromatic heterocycles. The summed E-state index contributed by atoms with van der Waals surface area (Å²) in [5, 5.41) is 0.167. The molecule has 52 valence electrons. The molecule has 0 saturated heterocycles. The van der Waals surface area contributed by atoms with Crippen molar-refractivity contribution in [3.8, 4) is 0 Å². The largest absolute Gasteiger partial charge is 0.510 e. The molecule has 1 nitrogen and oxygen atoms in total. The number of hydrogen-bond acceptors (Lipinski definition) is 1. The number of halogens is 2. The summed E-state index contributed by atoms with van der Waals surface area (Å²) in [5.74, 6) is -0.563. The van der Waals surface area contributed by atoms with Crippen LogP contribution in [0.25, 0.3) is 0 Å². The third kappa shape index (κ3) is 1.30. The van der Waals surface area contributed by atoms with Gasteiger partial charge in [0.15, 0.2) is 5.82 Å². The van der Waals surface area contributed by atoms with Crippen molar-refractivity contribution in [1.82, 2.24) is 0 Å². The molecule has 0 aliphatic carbocycles. The maximum atomic E-state index is 12.5. The first-order valence-electron chi connectivity index (χ1n) is 2.49. The van der Waals surface area contributed by atoms with Crippen LogP contribution in [0.4, 0.5) is 4.39 Å². The van der Waals surface area contributed by atoms with Crippen molar-refractivity contribution in [3.63, 3.8) is 0 Å². The van der Waals surface area contributed by atoms with E-state index in [0.29, 0.717) is 0 Å². The second kappa shape index (κ2) is 3.03. The molecule has 1 rings (SSSR count). The van der Waals surface area contributed by atoms with Gasteiger partial charge >= 0.3 is 16.6 Å². The van der Waals surface area contributed by atoms with Crippen LogP contribution in [0.5, 0.6) is 0 Å². The van der Waals surface area contributed by atoms with Crippen LogP contribution in [0.2, 0.25) is 5.02 Å². The molecule has 4 heteroatoms. The van der Waals surface area contributed by atoms with Gasteiger partial charge in [0.1, 0.15) is 5.02 Å². The minimum Gasteiger partial charge on any atom is -0.200 e. The monoisotopic (exact) mass is 177 g/mol. The van der Waals surface area contributed by atoms with Crippen molar-refractivity contribution in [3.05, 3.63) is 29.0 Å². The Morgan fingerprint density at radius 2 is 2.20 bits per heavy atom. The molecule has 0 unspecified atom stereocenters. The fourth-order valence-corrected chi connectivity index (χ4v) is 1.11. The summed E-state index contributed by atoms with van der Waals surface area (Å²) in [6.07, 6.45) is 0. The molecule has 0 heterocycles. The smallest absolute Gasteiger partial charge is 0.200 e. The molecule has 0 saturated carbocycles. The van der Waals surface area contributed by atoms with Gasteiger partial charge in [-0.25, -0.2) is 4.39 Å². The van der Waals surface area contributed by atoms with E-state index in [1.54, 1.807) is 0 Å². The third-order valence-corrected chi connectivity index (χ3v) is 2.01. The second-order valence-corrected chi connectivity index (χ2v) is 2.62. The van der Waals surface area contributed by atoms with Crippen molar-refractivity contribution in [1.29, 1.82) is 0 Å². The summed E-state index contributed by atoms with van der Waals surface area (Å²) in [7, 11) is 0. The molecule has 10 heavy (non-hydrogen) atoms. The Kier molecular flexibility index (Phi) is 2.29. The van der Waals surface area contributed by atoms with E-state index in [-0.39, 0.29) is 21.6 Å². The zero-order valence-electron chi connectivity index (χ0n) is 4.80. The zero-order valence-corrected chi connectivity index (χ0v) is 6.38.